The lowest BCUT2D eigenvalue weighted by Gasteiger charge is -2.14. The maximum Gasteiger partial charge on any atom is 0.123 e. The van der Waals surface area contributed by atoms with Gasteiger partial charge in [0.15, 0.2) is 0 Å². The number of rotatable bonds is 13. The number of nitrogens with zero attached hydrogens (tertiary/aromatic N) is 2. The molecule has 0 aliphatic carbocycles. The van der Waals surface area contributed by atoms with E-state index >= 15 is 0 Å². The van der Waals surface area contributed by atoms with Gasteiger partial charge in [0.2, 0.25) is 0 Å². The average molecular weight is 701 g/mol. The highest BCUT2D eigenvalue weighted by Gasteiger charge is 2.13. The molecule has 0 unspecified atom stereocenters. The summed E-state index contributed by atoms with van der Waals surface area (Å²) in [5.41, 5.74) is 4.37. The van der Waals surface area contributed by atoms with Crippen molar-refractivity contribution < 1.29 is 9.47 Å². The van der Waals surface area contributed by atoms with Crippen LogP contribution in [0.3, 0.4) is 0 Å². The number of pyridine rings is 2. The molecule has 4 heteroatoms. The minimum atomic E-state index is 0.653. The van der Waals surface area contributed by atoms with Gasteiger partial charge >= 0.3 is 0 Å². The van der Waals surface area contributed by atoms with E-state index in [9.17, 15) is 0 Å². The van der Waals surface area contributed by atoms with Crippen molar-refractivity contribution in [2.75, 3.05) is 13.2 Å². The highest BCUT2D eigenvalue weighted by molar-refractivity contribution is 6.24. The van der Waals surface area contributed by atoms with Crippen molar-refractivity contribution in [1.82, 2.24) is 9.97 Å². The van der Waals surface area contributed by atoms with Crippen LogP contribution in [0, 0.1) is 0 Å². The zero-order valence-corrected chi connectivity index (χ0v) is 30.2. The van der Waals surface area contributed by atoms with Gasteiger partial charge in [-0.1, -0.05) is 109 Å². The molecule has 262 valence electrons. The van der Waals surface area contributed by atoms with Crippen molar-refractivity contribution in [2.45, 2.75) is 38.5 Å². The minimum Gasteiger partial charge on any atom is -0.493 e. The second-order valence-electron chi connectivity index (χ2n) is 14.5. The molecular formula is C50H40N2O2. The fraction of sp³-hybridized carbons (Fsp3) is 0.160. The topological polar surface area (TPSA) is 44.2 Å². The Kier molecular flexibility index (Phi) is 8.37. The fourth-order valence-electron chi connectivity index (χ4n) is 8.52. The monoisotopic (exact) mass is 700 g/mol. The van der Waals surface area contributed by atoms with Gasteiger partial charge in [-0.3, -0.25) is 9.97 Å². The highest BCUT2D eigenvalue weighted by Crippen LogP contribution is 2.38. The molecule has 0 N–H and O–H groups in total. The largest absolute Gasteiger partial charge is 0.493 e. The maximum absolute atomic E-state index is 6.21. The van der Waals surface area contributed by atoms with Gasteiger partial charge in [-0.05, 0) is 126 Å². The summed E-state index contributed by atoms with van der Waals surface area (Å²) in [4.78, 5) is 9.20. The standard InChI is InChI=1S/C50H40N2O2/c1(7-33-13-15-39-19-17-35-9-5-11-37-21-23-43(33)49(39)47(35)37)3-29-53-41-25-27-51-45(31-41)46-32-42(26-28-52-46)54-30-4-2-8-34-14-16-40-20-18-36-10-6-12-38-22-24-44(34)50(40)48(36)38/h5-6,9-28,31-32H,1-4,7-8,29-30H2. The Hall–Kier alpha value is -6.26. The van der Waals surface area contributed by atoms with E-state index in [1.54, 1.807) is 12.4 Å². The zero-order chi connectivity index (χ0) is 35.8. The van der Waals surface area contributed by atoms with Crippen LogP contribution in [0.2, 0.25) is 0 Å². The van der Waals surface area contributed by atoms with E-state index in [-0.39, 0.29) is 0 Å². The predicted octanol–water partition coefficient (Wildman–Crippen LogP) is 12.7. The first-order valence-electron chi connectivity index (χ1n) is 19.3. The Bertz CT molecular complexity index is 2680. The molecule has 0 saturated carbocycles. The molecule has 10 aromatic rings. The molecule has 0 amide bonds. The van der Waals surface area contributed by atoms with Crippen molar-refractivity contribution in [3.63, 3.8) is 0 Å². The number of ether oxygens (including phenoxy) is 2. The lowest BCUT2D eigenvalue weighted by atomic mass is 9.91. The van der Waals surface area contributed by atoms with Crippen LogP contribution < -0.4 is 9.47 Å². The Morgan fingerprint density at radius 2 is 0.759 bits per heavy atom. The van der Waals surface area contributed by atoms with E-state index in [2.05, 4.69) is 119 Å². The third-order valence-electron chi connectivity index (χ3n) is 11.2. The molecule has 0 atom stereocenters. The normalized spacial score (nSPS) is 11.9. The van der Waals surface area contributed by atoms with E-state index in [1.165, 1.54) is 75.8 Å². The van der Waals surface area contributed by atoms with Crippen molar-refractivity contribution in [3.05, 3.63) is 157 Å². The van der Waals surface area contributed by atoms with Crippen molar-refractivity contribution in [2.24, 2.45) is 0 Å². The molecule has 0 radical (unpaired) electrons. The van der Waals surface area contributed by atoms with Gasteiger partial charge in [0, 0.05) is 24.5 Å². The summed E-state index contributed by atoms with van der Waals surface area (Å²) in [5, 5.41) is 16.2. The highest BCUT2D eigenvalue weighted by atomic mass is 16.5. The molecule has 8 aromatic carbocycles. The minimum absolute atomic E-state index is 0.653. The third kappa shape index (κ3) is 5.98. The summed E-state index contributed by atoms with van der Waals surface area (Å²) in [7, 11) is 0. The quantitative estimate of drug-likeness (QED) is 0.0887. The van der Waals surface area contributed by atoms with Crippen LogP contribution >= 0.6 is 0 Å². The van der Waals surface area contributed by atoms with E-state index in [0.29, 0.717) is 13.2 Å². The summed E-state index contributed by atoms with van der Waals surface area (Å²) in [6.07, 6.45) is 9.69. The van der Waals surface area contributed by atoms with Crippen LogP contribution in [-0.2, 0) is 12.8 Å². The van der Waals surface area contributed by atoms with E-state index in [0.717, 1.165) is 61.4 Å². The van der Waals surface area contributed by atoms with Gasteiger partial charge in [0.05, 0.1) is 24.6 Å². The Labute approximate surface area is 314 Å². The van der Waals surface area contributed by atoms with Crippen molar-refractivity contribution >= 4 is 64.6 Å². The first-order chi connectivity index (χ1) is 26.8. The second kappa shape index (κ2) is 13.9. The lowest BCUT2D eigenvalue weighted by Crippen LogP contribution is -2.00. The summed E-state index contributed by atoms with van der Waals surface area (Å²) >= 11 is 0. The van der Waals surface area contributed by atoms with Crippen molar-refractivity contribution in [3.8, 4) is 22.9 Å². The molecule has 10 rings (SSSR count). The molecule has 0 aliphatic rings. The summed E-state index contributed by atoms with van der Waals surface area (Å²) in [6.45, 7) is 1.31. The summed E-state index contributed by atoms with van der Waals surface area (Å²) in [6, 6.07) is 48.3. The van der Waals surface area contributed by atoms with Crippen LogP contribution in [-0.4, -0.2) is 23.2 Å². The van der Waals surface area contributed by atoms with Crippen LogP contribution in [0.1, 0.15) is 36.8 Å². The van der Waals surface area contributed by atoms with Crippen molar-refractivity contribution in [1.29, 1.82) is 0 Å². The van der Waals surface area contributed by atoms with Gasteiger partial charge in [0.25, 0.3) is 0 Å². The third-order valence-corrected chi connectivity index (χ3v) is 11.2. The lowest BCUT2D eigenvalue weighted by molar-refractivity contribution is 0.306. The zero-order valence-electron chi connectivity index (χ0n) is 30.2. The molecule has 0 saturated heterocycles. The molecule has 0 bridgehead atoms. The molecule has 0 fully saturated rings. The van der Waals surface area contributed by atoms with E-state index in [4.69, 9.17) is 9.47 Å². The van der Waals surface area contributed by atoms with E-state index in [1.807, 2.05) is 24.3 Å². The number of aryl methyl sites for hydroxylation is 2. The van der Waals surface area contributed by atoms with Gasteiger partial charge in [-0.25, -0.2) is 0 Å². The number of unbranched alkanes of at least 4 members (excludes halogenated alkanes) is 2. The molecule has 4 nitrogen and oxygen atoms in total. The Morgan fingerprint density at radius 3 is 1.20 bits per heavy atom. The first-order valence-corrected chi connectivity index (χ1v) is 19.3. The second-order valence-corrected chi connectivity index (χ2v) is 14.5. The molecule has 0 spiro atoms. The van der Waals surface area contributed by atoms with Gasteiger partial charge < -0.3 is 9.47 Å². The Morgan fingerprint density at radius 1 is 0.370 bits per heavy atom. The average Bonchev–Trinajstić information content (AvgIpc) is 3.22. The van der Waals surface area contributed by atoms with Crippen LogP contribution in [0.4, 0.5) is 0 Å². The molecule has 0 aliphatic heterocycles. The van der Waals surface area contributed by atoms with E-state index < -0.39 is 0 Å². The van der Waals surface area contributed by atoms with Crippen LogP contribution in [0.15, 0.2) is 146 Å². The SMILES string of the molecule is c1cc2ccc3ccc(CCCCOc4ccnc(-c5cc(OCCCCc6ccc7ccc8cccc9ccc6c7c89)ccn5)c4)c4ccc(c1)c2c34. The molecule has 54 heavy (non-hydrogen) atoms. The van der Waals surface area contributed by atoms with Crippen LogP contribution in [0.25, 0.3) is 76.0 Å². The number of hydrogen-bond acceptors (Lipinski definition) is 4. The number of aromatic nitrogens is 2. The molecule has 2 heterocycles. The maximum atomic E-state index is 6.21. The van der Waals surface area contributed by atoms with Crippen LogP contribution in [0.5, 0.6) is 11.5 Å². The predicted molar refractivity (Wildman–Crippen MR) is 225 cm³/mol. The number of benzene rings is 8. The van der Waals surface area contributed by atoms with Gasteiger partial charge in [0.1, 0.15) is 11.5 Å². The first kappa shape index (κ1) is 32.4. The number of hydrogen-bond donors (Lipinski definition) is 0. The smallest absolute Gasteiger partial charge is 0.123 e. The molecular weight excluding hydrogens is 661 g/mol. The fourth-order valence-corrected chi connectivity index (χ4v) is 8.52. The summed E-state index contributed by atoms with van der Waals surface area (Å²) < 4.78 is 12.4. The molecule has 2 aromatic heterocycles. The van der Waals surface area contributed by atoms with Gasteiger partial charge in [-0.2, -0.15) is 0 Å². The Balaban J connectivity index is 0.729. The summed E-state index contributed by atoms with van der Waals surface area (Å²) in [5.74, 6) is 1.62. The van der Waals surface area contributed by atoms with Gasteiger partial charge in [-0.15, -0.1) is 0 Å².